The minimum absolute atomic E-state index is 0.373. The topological polar surface area (TPSA) is 62.3 Å². The summed E-state index contributed by atoms with van der Waals surface area (Å²) in [5.74, 6) is 0. The normalized spacial score (nSPS) is 16.5. The van der Waals surface area contributed by atoms with E-state index in [2.05, 4.69) is 17.2 Å². The summed E-state index contributed by atoms with van der Waals surface area (Å²) in [4.78, 5) is 4.93. The summed E-state index contributed by atoms with van der Waals surface area (Å²) in [5.41, 5.74) is 1.82. The van der Waals surface area contributed by atoms with Crippen molar-refractivity contribution in [1.29, 1.82) is 0 Å². The largest absolute Gasteiger partial charge is 0.362 e. The summed E-state index contributed by atoms with van der Waals surface area (Å²) >= 11 is 1.57. The van der Waals surface area contributed by atoms with Gasteiger partial charge in [0.25, 0.3) is 0 Å². The lowest BCUT2D eigenvalue weighted by molar-refractivity contribution is 0.424. The molecule has 5 nitrogen and oxygen atoms in total. The summed E-state index contributed by atoms with van der Waals surface area (Å²) in [6.07, 6.45) is 5.18. The van der Waals surface area contributed by atoms with Gasteiger partial charge in [0, 0.05) is 30.6 Å². The van der Waals surface area contributed by atoms with E-state index in [4.69, 9.17) is 0 Å². The van der Waals surface area contributed by atoms with Crippen molar-refractivity contribution in [2.45, 2.75) is 43.9 Å². The number of rotatable bonds is 6. The molecule has 1 aliphatic heterocycles. The first-order chi connectivity index (χ1) is 12.1. The van der Waals surface area contributed by atoms with E-state index in [1.54, 1.807) is 27.8 Å². The van der Waals surface area contributed by atoms with Crippen molar-refractivity contribution < 1.29 is 8.42 Å². The Balaban J connectivity index is 1.76. The fourth-order valence-electron chi connectivity index (χ4n) is 2.95. The minimum Gasteiger partial charge on any atom is -0.362 e. The number of anilines is 1. The molecule has 1 N–H and O–H groups in total. The fourth-order valence-corrected chi connectivity index (χ4v) is 5.21. The van der Waals surface area contributed by atoms with Crippen LogP contribution in [0.5, 0.6) is 0 Å². The van der Waals surface area contributed by atoms with Gasteiger partial charge < -0.3 is 5.32 Å². The molecule has 1 saturated heterocycles. The molecule has 7 heteroatoms. The third kappa shape index (κ3) is 4.40. The van der Waals surface area contributed by atoms with Gasteiger partial charge in [-0.2, -0.15) is 4.31 Å². The summed E-state index contributed by atoms with van der Waals surface area (Å²) in [6, 6.07) is 7.11. The molecular weight excluding hydrogens is 354 g/mol. The molecule has 1 aromatic heterocycles. The summed E-state index contributed by atoms with van der Waals surface area (Å²) < 4.78 is 27.3. The highest BCUT2D eigenvalue weighted by Gasteiger charge is 2.25. The zero-order valence-electron chi connectivity index (χ0n) is 14.6. The van der Waals surface area contributed by atoms with Crippen LogP contribution in [-0.4, -0.2) is 37.3 Å². The van der Waals surface area contributed by atoms with Crippen molar-refractivity contribution in [2.24, 2.45) is 0 Å². The van der Waals surface area contributed by atoms with Crippen LogP contribution in [0.4, 0.5) is 5.13 Å². The Morgan fingerprint density at radius 3 is 2.44 bits per heavy atom. The molecule has 1 aromatic carbocycles. The van der Waals surface area contributed by atoms with E-state index in [0.29, 0.717) is 18.0 Å². The number of hydrogen-bond donors (Lipinski definition) is 1. The van der Waals surface area contributed by atoms with Crippen molar-refractivity contribution in [1.82, 2.24) is 9.29 Å². The van der Waals surface area contributed by atoms with Crippen molar-refractivity contribution in [3.8, 4) is 11.3 Å². The fraction of sp³-hybridized carbons (Fsp3) is 0.500. The van der Waals surface area contributed by atoms with E-state index in [9.17, 15) is 8.42 Å². The SMILES string of the molecule is CCCNc1nc(-c2ccc(S(=O)(=O)N3CCCCCC3)cc2)cs1. The number of aromatic nitrogens is 1. The van der Waals surface area contributed by atoms with E-state index >= 15 is 0 Å². The molecule has 0 spiro atoms. The van der Waals surface area contributed by atoms with Gasteiger partial charge in [0.05, 0.1) is 10.6 Å². The summed E-state index contributed by atoms with van der Waals surface area (Å²) in [7, 11) is -3.39. The highest BCUT2D eigenvalue weighted by molar-refractivity contribution is 7.89. The van der Waals surface area contributed by atoms with Gasteiger partial charge in [-0.25, -0.2) is 13.4 Å². The molecule has 25 heavy (non-hydrogen) atoms. The van der Waals surface area contributed by atoms with E-state index < -0.39 is 10.0 Å². The highest BCUT2D eigenvalue weighted by atomic mass is 32.2. The molecule has 136 valence electrons. The Bertz CT molecular complexity index is 777. The zero-order chi connectivity index (χ0) is 17.7. The number of nitrogens with one attached hydrogen (secondary N) is 1. The lowest BCUT2D eigenvalue weighted by Crippen LogP contribution is -2.31. The van der Waals surface area contributed by atoms with Crippen LogP contribution in [0.3, 0.4) is 0 Å². The number of hydrogen-bond acceptors (Lipinski definition) is 5. The third-order valence-corrected chi connectivity index (χ3v) is 7.10. The van der Waals surface area contributed by atoms with Gasteiger partial charge in [0.15, 0.2) is 5.13 Å². The smallest absolute Gasteiger partial charge is 0.243 e. The van der Waals surface area contributed by atoms with Gasteiger partial charge in [-0.05, 0) is 31.4 Å². The Kier molecular flexibility index (Phi) is 6.09. The number of thiazole rings is 1. The van der Waals surface area contributed by atoms with Crippen LogP contribution in [0.15, 0.2) is 34.5 Å². The summed E-state index contributed by atoms with van der Waals surface area (Å²) in [6.45, 7) is 4.27. The second-order valence-electron chi connectivity index (χ2n) is 6.31. The van der Waals surface area contributed by atoms with E-state index in [1.165, 1.54) is 0 Å². The highest BCUT2D eigenvalue weighted by Crippen LogP contribution is 2.27. The molecule has 0 radical (unpaired) electrons. The van der Waals surface area contributed by atoms with Crippen LogP contribution in [0.25, 0.3) is 11.3 Å². The van der Waals surface area contributed by atoms with Crippen molar-refractivity contribution in [3.05, 3.63) is 29.6 Å². The molecule has 0 saturated carbocycles. The first-order valence-electron chi connectivity index (χ1n) is 8.91. The predicted molar refractivity (Wildman–Crippen MR) is 104 cm³/mol. The third-order valence-electron chi connectivity index (χ3n) is 4.38. The van der Waals surface area contributed by atoms with Crippen LogP contribution >= 0.6 is 11.3 Å². The van der Waals surface area contributed by atoms with Crippen LogP contribution in [0, 0.1) is 0 Å². The molecule has 0 unspecified atom stereocenters. The molecule has 0 atom stereocenters. The summed E-state index contributed by atoms with van der Waals surface area (Å²) in [5, 5.41) is 6.17. The van der Waals surface area contributed by atoms with E-state index in [-0.39, 0.29) is 0 Å². The monoisotopic (exact) mass is 379 g/mol. The molecule has 0 aliphatic carbocycles. The van der Waals surface area contributed by atoms with Crippen molar-refractivity contribution in [2.75, 3.05) is 25.0 Å². The van der Waals surface area contributed by atoms with Gasteiger partial charge >= 0.3 is 0 Å². The quantitative estimate of drug-likeness (QED) is 0.817. The molecule has 3 rings (SSSR count). The Labute approximate surface area is 154 Å². The number of sulfonamides is 1. The van der Waals surface area contributed by atoms with Gasteiger partial charge in [0.1, 0.15) is 0 Å². The Morgan fingerprint density at radius 2 is 1.80 bits per heavy atom. The average molecular weight is 380 g/mol. The lowest BCUT2D eigenvalue weighted by Gasteiger charge is -2.19. The number of benzene rings is 1. The first-order valence-corrected chi connectivity index (χ1v) is 11.2. The molecule has 0 bridgehead atoms. The molecule has 2 aromatic rings. The van der Waals surface area contributed by atoms with Gasteiger partial charge in [-0.15, -0.1) is 11.3 Å². The Hall–Kier alpha value is -1.44. The van der Waals surface area contributed by atoms with Crippen LogP contribution in [0.1, 0.15) is 39.0 Å². The van der Waals surface area contributed by atoms with Gasteiger partial charge in [-0.3, -0.25) is 0 Å². The Morgan fingerprint density at radius 1 is 1.12 bits per heavy atom. The molecular formula is C18H25N3O2S2. The predicted octanol–water partition coefficient (Wildman–Crippen LogP) is 4.20. The van der Waals surface area contributed by atoms with Crippen LogP contribution in [-0.2, 0) is 10.0 Å². The van der Waals surface area contributed by atoms with E-state index in [0.717, 1.165) is 55.0 Å². The van der Waals surface area contributed by atoms with E-state index in [1.807, 2.05) is 17.5 Å². The maximum Gasteiger partial charge on any atom is 0.243 e. The molecule has 2 heterocycles. The molecule has 1 fully saturated rings. The second kappa shape index (κ2) is 8.29. The number of nitrogens with zero attached hydrogens (tertiary/aromatic N) is 2. The van der Waals surface area contributed by atoms with Gasteiger partial charge in [0.2, 0.25) is 10.0 Å². The van der Waals surface area contributed by atoms with Crippen LogP contribution in [0.2, 0.25) is 0 Å². The standard InChI is InChI=1S/C18H25N3O2S2/c1-2-11-19-18-20-17(14-24-18)15-7-9-16(10-8-15)25(22,23)21-12-5-3-4-6-13-21/h7-10,14H,2-6,11-13H2,1H3,(H,19,20). The first kappa shape index (κ1) is 18.4. The maximum absolute atomic E-state index is 12.8. The van der Waals surface area contributed by atoms with Gasteiger partial charge in [-0.1, -0.05) is 31.9 Å². The molecule has 0 amide bonds. The van der Waals surface area contributed by atoms with Crippen molar-refractivity contribution >= 4 is 26.5 Å². The van der Waals surface area contributed by atoms with Crippen LogP contribution < -0.4 is 5.32 Å². The lowest BCUT2D eigenvalue weighted by atomic mass is 10.2. The zero-order valence-corrected chi connectivity index (χ0v) is 16.2. The second-order valence-corrected chi connectivity index (χ2v) is 9.10. The molecule has 1 aliphatic rings. The minimum atomic E-state index is -3.39. The maximum atomic E-state index is 12.8. The van der Waals surface area contributed by atoms with Crippen molar-refractivity contribution in [3.63, 3.8) is 0 Å². The average Bonchev–Trinajstić information content (AvgIpc) is 2.92.